The van der Waals surface area contributed by atoms with Crippen LogP contribution in [0.4, 0.5) is 13.2 Å². The molecule has 1 aliphatic carbocycles. The number of carbonyl (C=O) groups excluding carboxylic acids is 1. The van der Waals surface area contributed by atoms with Gasteiger partial charge in [0.2, 0.25) is 0 Å². The Bertz CT molecular complexity index is 517. The topological polar surface area (TPSA) is 65.2 Å². The summed E-state index contributed by atoms with van der Waals surface area (Å²) in [5.41, 5.74) is 5.87. The van der Waals surface area contributed by atoms with E-state index in [4.69, 9.17) is 5.73 Å². The molecule has 1 aliphatic rings. The van der Waals surface area contributed by atoms with Crippen LogP contribution >= 0.6 is 0 Å². The zero-order chi connectivity index (χ0) is 16.3. The van der Waals surface area contributed by atoms with Crippen LogP contribution in [0.5, 0.6) is 0 Å². The quantitative estimate of drug-likeness (QED) is 0.871. The minimum absolute atomic E-state index is 0.0850. The number of carbonyl (C=O) groups is 1. The molecule has 1 heterocycles. The van der Waals surface area contributed by atoms with Crippen molar-refractivity contribution in [3.63, 3.8) is 0 Å². The molecule has 122 valence electrons. The van der Waals surface area contributed by atoms with Gasteiger partial charge in [-0.25, -0.2) is 0 Å². The number of aromatic nitrogens is 1. The molecule has 4 nitrogen and oxygen atoms in total. The van der Waals surface area contributed by atoms with Gasteiger partial charge in [-0.1, -0.05) is 6.07 Å². The first kappa shape index (κ1) is 16.7. The van der Waals surface area contributed by atoms with E-state index >= 15 is 0 Å². The highest BCUT2D eigenvalue weighted by atomic mass is 19.4. The first-order valence-electron chi connectivity index (χ1n) is 7.16. The van der Waals surface area contributed by atoms with Gasteiger partial charge in [0.25, 0.3) is 0 Å². The van der Waals surface area contributed by atoms with Crippen LogP contribution in [-0.4, -0.2) is 24.1 Å². The summed E-state index contributed by atoms with van der Waals surface area (Å²) in [4.78, 5) is 14.9. The smallest absolute Gasteiger partial charge is 0.433 e. The van der Waals surface area contributed by atoms with E-state index in [0.29, 0.717) is 18.4 Å². The summed E-state index contributed by atoms with van der Waals surface area (Å²) in [6, 6.07) is 2.28. The Morgan fingerprint density at radius 2 is 2.14 bits per heavy atom. The van der Waals surface area contributed by atoms with E-state index in [-0.39, 0.29) is 23.8 Å². The largest absolute Gasteiger partial charge is 0.469 e. The normalized spacial score (nSPS) is 25.8. The van der Waals surface area contributed by atoms with Crippen LogP contribution in [0.1, 0.15) is 42.9 Å². The average Bonchev–Trinajstić information content (AvgIpc) is 2.48. The van der Waals surface area contributed by atoms with Crippen LogP contribution in [0.15, 0.2) is 18.3 Å². The molecule has 1 unspecified atom stereocenters. The van der Waals surface area contributed by atoms with Crippen molar-refractivity contribution in [1.82, 2.24) is 4.98 Å². The molecule has 1 saturated carbocycles. The van der Waals surface area contributed by atoms with Crippen molar-refractivity contribution in [1.29, 1.82) is 0 Å². The number of pyridine rings is 1. The van der Waals surface area contributed by atoms with Gasteiger partial charge in [-0.2, -0.15) is 13.2 Å². The Morgan fingerprint density at radius 1 is 1.41 bits per heavy atom. The van der Waals surface area contributed by atoms with Crippen LogP contribution in [0.2, 0.25) is 0 Å². The predicted octanol–water partition coefficient (Wildman–Crippen LogP) is 2.87. The highest BCUT2D eigenvalue weighted by Crippen LogP contribution is 2.37. The summed E-state index contributed by atoms with van der Waals surface area (Å²) in [7, 11) is 1.34. The zero-order valence-corrected chi connectivity index (χ0v) is 12.3. The standard InChI is InChI=1S/C15H19F3N2O2/c1-22-14(21)7-9-2-4-12(19)11(6-9)10-3-5-13(20-8-10)15(16,17)18/h3,5,8-9,11-12H,2,4,6-7,19H2,1H3/t9?,11-,12+/m0/s1. The summed E-state index contributed by atoms with van der Waals surface area (Å²) in [6.45, 7) is 0. The highest BCUT2D eigenvalue weighted by Gasteiger charge is 2.34. The second kappa shape index (κ2) is 6.64. The number of hydrogen-bond acceptors (Lipinski definition) is 4. The van der Waals surface area contributed by atoms with Crippen LogP contribution < -0.4 is 5.73 Å². The summed E-state index contributed by atoms with van der Waals surface area (Å²) >= 11 is 0. The summed E-state index contributed by atoms with van der Waals surface area (Å²) < 4.78 is 42.3. The first-order valence-corrected chi connectivity index (χ1v) is 7.16. The van der Waals surface area contributed by atoms with Gasteiger partial charge in [-0.05, 0) is 36.8 Å². The minimum Gasteiger partial charge on any atom is -0.469 e. The number of rotatable bonds is 3. The molecular formula is C15H19F3N2O2. The van der Waals surface area contributed by atoms with Crippen molar-refractivity contribution in [3.8, 4) is 0 Å². The SMILES string of the molecule is COC(=O)CC1CC[C@@H](N)[C@H](c2ccc(C(F)(F)F)nc2)C1. The number of hydrogen-bond donors (Lipinski definition) is 1. The third-order valence-electron chi connectivity index (χ3n) is 4.20. The Balaban J connectivity index is 2.10. The Morgan fingerprint density at radius 3 is 2.68 bits per heavy atom. The molecule has 1 aromatic rings. The molecule has 0 bridgehead atoms. The number of ether oxygens (including phenoxy) is 1. The van der Waals surface area contributed by atoms with E-state index in [2.05, 4.69) is 9.72 Å². The van der Waals surface area contributed by atoms with Gasteiger partial charge in [0.05, 0.1) is 7.11 Å². The van der Waals surface area contributed by atoms with E-state index in [9.17, 15) is 18.0 Å². The van der Waals surface area contributed by atoms with E-state index < -0.39 is 11.9 Å². The Hall–Kier alpha value is -1.63. The van der Waals surface area contributed by atoms with Gasteiger partial charge in [-0.15, -0.1) is 0 Å². The van der Waals surface area contributed by atoms with Crippen molar-refractivity contribution >= 4 is 5.97 Å². The molecule has 3 atom stereocenters. The van der Waals surface area contributed by atoms with E-state index in [0.717, 1.165) is 18.9 Å². The van der Waals surface area contributed by atoms with Crippen molar-refractivity contribution in [2.75, 3.05) is 7.11 Å². The molecule has 0 amide bonds. The lowest BCUT2D eigenvalue weighted by molar-refractivity contribution is -0.142. The molecule has 0 aromatic carbocycles. The second-order valence-corrected chi connectivity index (χ2v) is 5.70. The number of alkyl halides is 3. The molecule has 0 aliphatic heterocycles. The minimum atomic E-state index is -4.44. The summed E-state index contributed by atoms with van der Waals surface area (Å²) in [5.74, 6) is -0.220. The maximum Gasteiger partial charge on any atom is 0.433 e. The van der Waals surface area contributed by atoms with Crippen molar-refractivity contribution in [3.05, 3.63) is 29.6 Å². The summed E-state index contributed by atoms with van der Waals surface area (Å²) in [6.07, 6.45) is -0.681. The fourth-order valence-corrected chi connectivity index (χ4v) is 2.96. The Kier molecular flexibility index (Phi) is 5.05. The van der Waals surface area contributed by atoms with Gasteiger partial charge in [0, 0.05) is 24.6 Å². The molecule has 2 rings (SSSR count). The lowest BCUT2D eigenvalue weighted by Gasteiger charge is -2.34. The highest BCUT2D eigenvalue weighted by molar-refractivity contribution is 5.69. The molecule has 22 heavy (non-hydrogen) atoms. The van der Waals surface area contributed by atoms with Crippen molar-refractivity contribution in [2.24, 2.45) is 11.7 Å². The molecule has 0 radical (unpaired) electrons. The number of halogens is 3. The zero-order valence-electron chi connectivity index (χ0n) is 12.3. The third kappa shape index (κ3) is 3.97. The molecule has 2 N–H and O–H groups in total. The van der Waals surface area contributed by atoms with Crippen LogP contribution in [0, 0.1) is 5.92 Å². The maximum atomic E-state index is 12.5. The van der Waals surface area contributed by atoms with Crippen molar-refractivity contribution < 1.29 is 22.7 Å². The summed E-state index contributed by atoms with van der Waals surface area (Å²) in [5, 5.41) is 0. The van der Waals surface area contributed by atoms with E-state index in [1.807, 2.05) is 0 Å². The van der Waals surface area contributed by atoms with Gasteiger partial charge >= 0.3 is 12.1 Å². The molecular weight excluding hydrogens is 297 g/mol. The fourth-order valence-electron chi connectivity index (χ4n) is 2.96. The number of methoxy groups -OCH3 is 1. The first-order chi connectivity index (χ1) is 10.3. The lowest BCUT2D eigenvalue weighted by atomic mass is 9.74. The lowest BCUT2D eigenvalue weighted by Crippen LogP contribution is -2.35. The molecule has 1 aromatic heterocycles. The van der Waals surface area contributed by atoms with Gasteiger partial charge in [0.1, 0.15) is 5.69 Å². The van der Waals surface area contributed by atoms with Crippen LogP contribution in [0.3, 0.4) is 0 Å². The third-order valence-corrected chi connectivity index (χ3v) is 4.20. The molecule has 1 fully saturated rings. The number of esters is 1. The Labute approximate surface area is 126 Å². The molecule has 0 spiro atoms. The second-order valence-electron chi connectivity index (χ2n) is 5.70. The monoisotopic (exact) mass is 316 g/mol. The predicted molar refractivity (Wildman–Crippen MR) is 73.9 cm³/mol. The molecule has 7 heteroatoms. The van der Waals surface area contributed by atoms with Crippen molar-refractivity contribution in [2.45, 2.75) is 43.8 Å². The number of nitrogens with zero attached hydrogens (tertiary/aromatic N) is 1. The fraction of sp³-hybridized carbons (Fsp3) is 0.600. The van der Waals surface area contributed by atoms with E-state index in [1.54, 1.807) is 0 Å². The van der Waals surface area contributed by atoms with Gasteiger partial charge < -0.3 is 10.5 Å². The van der Waals surface area contributed by atoms with Gasteiger partial charge in [-0.3, -0.25) is 9.78 Å². The van der Waals surface area contributed by atoms with Gasteiger partial charge in [0.15, 0.2) is 0 Å². The average molecular weight is 316 g/mol. The van der Waals surface area contributed by atoms with Crippen LogP contribution in [0.25, 0.3) is 0 Å². The number of nitrogens with two attached hydrogens (primary N) is 1. The van der Waals surface area contributed by atoms with Crippen LogP contribution in [-0.2, 0) is 15.7 Å². The van der Waals surface area contributed by atoms with E-state index in [1.165, 1.54) is 19.4 Å². The molecule has 0 saturated heterocycles. The maximum absolute atomic E-state index is 12.5.